The van der Waals surface area contributed by atoms with E-state index in [1.807, 2.05) is 0 Å². The topological polar surface area (TPSA) is 93.1 Å². The molecule has 7 nitrogen and oxygen atoms in total. The number of hydrogen-bond donors (Lipinski definition) is 1. The molecule has 0 bridgehead atoms. The SMILES string of the molecule is CC(C)(C)OC(=O)N(CCC(=O)OCC(Cl)(Cl)Cl)CC(=O)O. The van der Waals surface area contributed by atoms with Crippen LogP contribution in [0.2, 0.25) is 0 Å². The van der Waals surface area contributed by atoms with E-state index in [0.717, 1.165) is 4.90 Å². The van der Waals surface area contributed by atoms with Crippen LogP contribution < -0.4 is 0 Å². The van der Waals surface area contributed by atoms with Gasteiger partial charge in [0.05, 0.1) is 6.42 Å². The largest absolute Gasteiger partial charge is 0.480 e. The van der Waals surface area contributed by atoms with Crippen LogP contribution in [0.15, 0.2) is 0 Å². The molecule has 0 aliphatic heterocycles. The van der Waals surface area contributed by atoms with Crippen molar-refractivity contribution in [1.82, 2.24) is 4.90 Å². The lowest BCUT2D eigenvalue weighted by Gasteiger charge is -2.26. The van der Waals surface area contributed by atoms with Crippen molar-refractivity contribution in [2.45, 2.75) is 36.6 Å². The summed E-state index contributed by atoms with van der Waals surface area (Å²) in [6.45, 7) is 3.67. The van der Waals surface area contributed by atoms with Crippen molar-refractivity contribution in [1.29, 1.82) is 0 Å². The Morgan fingerprint density at radius 3 is 2.09 bits per heavy atom. The number of aliphatic carboxylic acids is 1. The minimum atomic E-state index is -1.73. The maximum absolute atomic E-state index is 11.8. The molecule has 0 aromatic carbocycles. The van der Waals surface area contributed by atoms with Crippen LogP contribution >= 0.6 is 34.8 Å². The van der Waals surface area contributed by atoms with E-state index < -0.39 is 40.6 Å². The zero-order chi connectivity index (χ0) is 17.6. The summed E-state index contributed by atoms with van der Waals surface area (Å²) in [6.07, 6.45) is -1.10. The van der Waals surface area contributed by atoms with Crippen molar-refractivity contribution in [3.63, 3.8) is 0 Å². The predicted molar refractivity (Wildman–Crippen MR) is 81.3 cm³/mol. The molecule has 0 spiro atoms. The highest BCUT2D eigenvalue weighted by molar-refractivity contribution is 6.67. The molecule has 0 saturated carbocycles. The smallest absolute Gasteiger partial charge is 0.410 e. The summed E-state index contributed by atoms with van der Waals surface area (Å²) in [5, 5.41) is 8.79. The number of carbonyl (C=O) groups is 3. The van der Waals surface area contributed by atoms with Crippen LogP contribution in [0, 0.1) is 0 Å². The maximum atomic E-state index is 11.8. The summed E-state index contributed by atoms with van der Waals surface area (Å²) in [5.74, 6) is -1.97. The van der Waals surface area contributed by atoms with Crippen LogP contribution in [-0.4, -0.2) is 57.1 Å². The molecule has 1 amide bonds. The summed E-state index contributed by atoms with van der Waals surface area (Å²) in [6, 6.07) is 0. The van der Waals surface area contributed by atoms with Gasteiger partial charge in [0.25, 0.3) is 0 Å². The van der Waals surface area contributed by atoms with E-state index in [-0.39, 0.29) is 13.0 Å². The number of ether oxygens (including phenoxy) is 2. The van der Waals surface area contributed by atoms with Gasteiger partial charge >= 0.3 is 18.0 Å². The highest BCUT2D eigenvalue weighted by Crippen LogP contribution is 2.26. The molecule has 0 aromatic rings. The Kier molecular flexibility index (Phi) is 8.28. The van der Waals surface area contributed by atoms with Gasteiger partial charge in [0, 0.05) is 6.54 Å². The second-order valence-electron chi connectivity index (χ2n) is 5.32. The molecular formula is C12H18Cl3NO6. The number of esters is 1. The van der Waals surface area contributed by atoms with Crippen LogP contribution in [0.4, 0.5) is 4.79 Å². The fourth-order valence-electron chi connectivity index (χ4n) is 1.19. The fourth-order valence-corrected chi connectivity index (χ4v) is 1.35. The quantitative estimate of drug-likeness (QED) is 0.564. The molecule has 0 heterocycles. The third-order valence-electron chi connectivity index (χ3n) is 1.96. The van der Waals surface area contributed by atoms with Crippen LogP contribution in [-0.2, 0) is 19.1 Å². The molecule has 0 aliphatic rings. The average molecular weight is 379 g/mol. The number of rotatable bonds is 6. The van der Waals surface area contributed by atoms with Gasteiger partial charge in [-0.05, 0) is 20.8 Å². The molecule has 1 N–H and O–H groups in total. The lowest BCUT2D eigenvalue weighted by Crippen LogP contribution is -2.41. The Morgan fingerprint density at radius 2 is 1.68 bits per heavy atom. The molecule has 0 aliphatic carbocycles. The van der Waals surface area contributed by atoms with Crippen LogP contribution in [0.5, 0.6) is 0 Å². The number of alkyl halides is 3. The van der Waals surface area contributed by atoms with E-state index in [9.17, 15) is 14.4 Å². The Hall–Kier alpha value is -0.920. The van der Waals surface area contributed by atoms with Crippen molar-refractivity contribution >= 4 is 52.8 Å². The minimum Gasteiger partial charge on any atom is -0.480 e. The summed E-state index contributed by atoms with van der Waals surface area (Å²) >= 11 is 16.3. The van der Waals surface area contributed by atoms with Gasteiger partial charge in [-0.1, -0.05) is 34.8 Å². The van der Waals surface area contributed by atoms with E-state index in [1.165, 1.54) is 0 Å². The molecule has 0 saturated heterocycles. The molecule has 0 aromatic heterocycles. The molecule has 10 heteroatoms. The van der Waals surface area contributed by atoms with Crippen molar-refractivity contribution in [2.75, 3.05) is 19.7 Å². The zero-order valence-electron chi connectivity index (χ0n) is 12.4. The third kappa shape index (κ3) is 11.7. The number of hydrogen-bond acceptors (Lipinski definition) is 5. The van der Waals surface area contributed by atoms with Crippen LogP contribution in [0.3, 0.4) is 0 Å². The molecule has 0 fully saturated rings. The molecule has 0 atom stereocenters. The number of halogens is 3. The zero-order valence-corrected chi connectivity index (χ0v) is 14.7. The van der Waals surface area contributed by atoms with E-state index >= 15 is 0 Å². The Bertz CT molecular complexity index is 416. The van der Waals surface area contributed by atoms with Gasteiger partial charge in [0.15, 0.2) is 0 Å². The second kappa shape index (κ2) is 8.64. The summed E-state index contributed by atoms with van der Waals surface area (Å²) in [7, 11) is 0. The van der Waals surface area contributed by atoms with Crippen molar-refractivity contribution in [3.8, 4) is 0 Å². The van der Waals surface area contributed by atoms with Gasteiger partial charge in [-0.15, -0.1) is 0 Å². The molecule has 22 heavy (non-hydrogen) atoms. The monoisotopic (exact) mass is 377 g/mol. The molecule has 0 rings (SSSR count). The van der Waals surface area contributed by atoms with Crippen LogP contribution in [0.1, 0.15) is 27.2 Å². The normalized spacial score (nSPS) is 11.7. The van der Waals surface area contributed by atoms with Crippen LogP contribution in [0.25, 0.3) is 0 Å². The van der Waals surface area contributed by atoms with Gasteiger partial charge in [0.1, 0.15) is 18.8 Å². The van der Waals surface area contributed by atoms with Gasteiger partial charge < -0.3 is 14.6 Å². The van der Waals surface area contributed by atoms with Gasteiger partial charge in [0.2, 0.25) is 3.79 Å². The van der Waals surface area contributed by atoms with Crippen molar-refractivity contribution in [2.24, 2.45) is 0 Å². The minimum absolute atomic E-state index is 0.195. The first-order chi connectivity index (χ1) is 9.80. The second-order valence-corrected chi connectivity index (χ2v) is 7.84. The number of carbonyl (C=O) groups excluding carboxylic acids is 2. The molecular weight excluding hydrogens is 360 g/mol. The lowest BCUT2D eigenvalue weighted by molar-refractivity contribution is -0.145. The summed E-state index contributed by atoms with van der Waals surface area (Å²) < 4.78 is 8.00. The fraction of sp³-hybridized carbons (Fsp3) is 0.750. The standard InChI is InChI=1S/C12H18Cl3NO6/c1-11(2,3)22-10(20)16(6-8(17)18)5-4-9(19)21-7-12(13,14)15/h4-7H2,1-3H3,(H,17,18). The van der Waals surface area contributed by atoms with Crippen molar-refractivity contribution in [3.05, 3.63) is 0 Å². The predicted octanol–water partition coefficient (Wildman–Crippen LogP) is 2.61. The molecule has 128 valence electrons. The Labute approximate surface area is 143 Å². The number of amides is 1. The van der Waals surface area contributed by atoms with E-state index in [2.05, 4.69) is 4.74 Å². The molecule has 0 unspecified atom stereocenters. The maximum Gasteiger partial charge on any atom is 0.410 e. The first-order valence-electron chi connectivity index (χ1n) is 6.22. The van der Waals surface area contributed by atoms with Crippen molar-refractivity contribution < 1.29 is 29.0 Å². The van der Waals surface area contributed by atoms with Gasteiger partial charge in [-0.2, -0.15) is 0 Å². The van der Waals surface area contributed by atoms with E-state index in [0.29, 0.717) is 0 Å². The Morgan fingerprint density at radius 1 is 1.14 bits per heavy atom. The summed E-state index contributed by atoms with van der Waals surface area (Å²) in [5.41, 5.74) is -0.788. The highest BCUT2D eigenvalue weighted by Gasteiger charge is 2.26. The van der Waals surface area contributed by atoms with Gasteiger partial charge in [-0.3, -0.25) is 14.5 Å². The first-order valence-corrected chi connectivity index (χ1v) is 7.35. The van der Waals surface area contributed by atoms with E-state index in [1.54, 1.807) is 20.8 Å². The van der Waals surface area contributed by atoms with E-state index in [4.69, 9.17) is 44.6 Å². The number of carboxylic acids is 1. The summed E-state index contributed by atoms with van der Waals surface area (Å²) in [4.78, 5) is 35.0. The van der Waals surface area contributed by atoms with Gasteiger partial charge in [-0.25, -0.2) is 4.79 Å². The number of nitrogens with zero attached hydrogens (tertiary/aromatic N) is 1. The lowest BCUT2D eigenvalue weighted by atomic mass is 10.2. The first kappa shape index (κ1) is 21.1. The highest BCUT2D eigenvalue weighted by atomic mass is 35.6. The average Bonchev–Trinajstić information content (AvgIpc) is 2.28. The third-order valence-corrected chi connectivity index (χ3v) is 2.29. The number of carboxylic acid groups (broad SMARTS) is 1. The molecule has 0 radical (unpaired) electrons. The Balaban J connectivity index is 4.51.